The molecule has 0 saturated carbocycles. The maximum atomic E-state index is 4.65. The van der Waals surface area contributed by atoms with E-state index < -0.39 is 24.2 Å². The van der Waals surface area contributed by atoms with Gasteiger partial charge in [-0.1, -0.05) is 247 Å². The van der Waals surface area contributed by atoms with Gasteiger partial charge in [0.2, 0.25) is 0 Å². The summed E-state index contributed by atoms with van der Waals surface area (Å²) in [7, 11) is -3.88. The number of hydrogen-bond donors (Lipinski definition) is 0. The minimum Gasteiger partial charge on any atom is -0.305 e. The van der Waals surface area contributed by atoms with E-state index in [9.17, 15) is 0 Å². The van der Waals surface area contributed by atoms with Gasteiger partial charge in [0, 0.05) is 117 Å². The molecule has 0 N–H and O–H groups in total. The normalized spacial score (nSPS) is 10.5. The molecular weight excluding hydrogens is 2140 g/mol. The summed E-state index contributed by atoms with van der Waals surface area (Å²) in [4.78, 5) is 27.0. The smallest absolute Gasteiger partial charge is 0.0795 e. The fourth-order valence-electron chi connectivity index (χ4n) is 11.6. The molecule has 0 aliphatic heterocycles. The monoisotopic (exact) mass is 2230 g/mol. The van der Waals surface area contributed by atoms with E-state index in [2.05, 4.69) is 307 Å². The summed E-state index contributed by atoms with van der Waals surface area (Å²) in [6.07, 6.45) is 9.67. The van der Waals surface area contributed by atoms with Gasteiger partial charge >= 0.3 is 0 Å². The number of aromatic nitrogens is 6. The number of benzene rings is 10. The van der Waals surface area contributed by atoms with Crippen LogP contribution in [0.4, 0.5) is 0 Å². The summed E-state index contributed by atoms with van der Waals surface area (Å²) < 4.78 is 0. The molecule has 0 unspecified atom stereocenters. The van der Waals surface area contributed by atoms with Crippen molar-refractivity contribution in [1.29, 1.82) is 0 Å². The third-order valence-electron chi connectivity index (χ3n) is 17.8. The third-order valence-corrected chi connectivity index (χ3v) is 23.9. The molecule has 574 valence electrons. The molecule has 0 spiro atoms. The van der Waals surface area contributed by atoms with Crippen LogP contribution in [0.2, 0.25) is 58.9 Å². The molecule has 4 radical (unpaired) electrons. The Morgan fingerprint density at radius 3 is 0.752 bits per heavy atom. The Balaban J connectivity index is 0.000000189. The van der Waals surface area contributed by atoms with Gasteiger partial charge in [-0.3, -0.25) is 0 Å². The van der Waals surface area contributed by atoms with Crippen molar-refractivity contribution in [3.05, 3.63) is 407 Å². The molecule has 0 fully saturated rings. The Bertz CT molecular complexity index is 4850. The van der Waals surface area contributed by atoms with E-state index in [1.165, 1.54) is 60.1 Å². The van der Waals surface area contributed by atoms with Gasteiger partial charge in [0.15, 0.2) is 0 Å². The van der Waals surface area contributed by atoms with Crippen LogP contribution in [-0.2, 0) is 80.4 Å². The topological polar surface area (TPSA) is 77.3 Å². The summed E-state index contributed by atoms with van der Waals surface area (Å²) in [6.45, 7) is 23.1. The Labute approximate surface area is 727 Å². The molecule has 0 aliphatic rings. The summed E-state index contributed by atoms with van der Waals surface area (Å²) in [5, 5.41) is 4.15. The molecule has 0 atom stereocenters. The number of nitrogens with zero attached hydrogens (tertiary/aromatic N) is 6. The van der Waals surface area contributed by atoms with Crippen molar-refractivity contribution >= 4 is 39.8 Å². The molecule has 13 heteroatoms. The molecular formula is C100H90Ir4N6Si3-6. The van der Waals surface area contributed by atoms with Crippen LogP contribution < -0.4 is 15.6 Å². The number of hydrogen-bond acceptors (Lipinski definition) is 6. The van der Waals surface area contributed by atoms with Crippen LogP contribution in [0.5, 0.6) is 0 Å². The quantitative estimate of drug-likeness (QED) is 0.0846. The number of rotatable bonds is 13. The molecule has 10 aromatic carbocycles. The predicted molar refractivity (Wildman–Crippen MR) is 466 cm³/mol. The predicted octanol–water partition coefficient (Wildman–Crippen LogP) is 23.9. The van der Waals surface area contributed by atoms with Crippen molar-refractivity contribution in [2.45, 2.75) is 65.8 Å². The van der Waals surface area contributed by atoms with E-state index >= 15 is 0 Å². The van der Waals surface area contributed by atoms with Crippen LogP contribution >= 0.6 is 0 Å². The molecule has 113 heavy (non-hydrogen) atoms. The van der Waals surface area contributed by atoms with Crippen LogP contribution in [0.1, 0.15) is 5.69 Å². The first-order valence-corrected chi connectivity index (χ1v) is 47.3. The SMILES string of the molecule is C[Si](C)(C)c1ccc(-c2[c-]ccc(-c3ccccc3)c2)nc1.C[Si](C)(C)c1ccc(-c2[c-]ccc(-c3ccccc3)c2)nc1.C[Si](C)(C)c1ccc(-c2[c-]ccc(-c3ccccc3)c2)nc1.Cc1cc(-c2ccccc2)cc(-c2[c-]cccc2)n1.[Ir].[Ir].[Ir].[Ir].[c-]1ccccc1-c1ccccn1.[c-]1ccccc1-c1ccccn1. The Hall–Kier alpha value is -9.65. The maximum absolute atomic E-state index is 4.65. The average molecular weight is 2230 g/mol. The zero-order chi connectivity index (χ0) is 76.3. The second kappa shape index (κ2) is 45.3. The number of pyridine rings is 6. The van der Waals surface area contributed by atoms with Crippen LogP contribution in [0.25, 0.3) is 112 Å². The summed E-state index contributed by atoms with van der Waals surface area (Å²) in [6, 6.07) is 132. The van der Waals surface area contributed by atoms with E-state index in [0.717, 1.165) is 73.2 Å². The first-order chi connectivity index (χ1) is 52.9. The molecule has 16 aromatic rings. The number of aryl methyl sites for hydroxylation is 1. The minimum absolute atomic E-state index is 0. The Kier molecular flexibility index (Phi) is 36.3. The van der Waals surface area contributed by atoms with Crippen molar-refractivity contribution < 1.29 is 80.4 Å². The third kappa shape index (κ3) is 27.9. The molecule has 0 aliphatic carbocycles. The summed E-state index contributed by atoms with van der Waals surface area (Å²) >= 11 is 0. The van der Waals surface area contributed by atoms with Crippen molar-refractivity contribution in [3.63, 3.8) is 0 Å². The zero-order valence-corrected chi connectivity index (χ0v) is 77.7. The van der Waals surface area contributed by atoms with E-state index in [4.69, 9.17) is 0 Å². The largest absolute Gasteiger partial charge is 0.305 e. The second-order valence-corrected chi connectivity index (χ2v) is 44.4. The first kappa shape index (κ1) is 90.5. The molecule has 0 bridgehead atoms. The van der Waals surface area contributed by atoms with Crippen LogP contribution in [0.15, 0.2) is 365 Å². The van der Waals surface area contributed by atoms with Crippen molar-refractivity contribution in [1.82, 2.24) is 29.9 Å². The summed E-state index contributed by atoms with van der Waals surface area (Å²) in [5.41, 5.74) is 22.8. The standard InChI is InChI=1S/3C20H20NSi.C18H14N.2C11H8N.4Ir/c3*1-22(2,3)19-12-13-20(21-15-19)18-11-7-10-17(14-18)16-8-5-4-6-9-16;1-14-12-17(15-8-4-2-5-9-15)13-18(19-14)16-10-6-3-7-11-16;2*1-2-6-10(7-3-1)11-8-4-5-9-12-11;;;;/h3*4-10,12-15H,1-3H3;2-10,12-13H,1H3;2*1-6,8-9H;;;;/q6*-1;;;;. The molecule has 6 aromatic heterocycles. The van der Waals surface area contributed by atoms with Gasteiger partial charge in [0.25, 0.3) is 0 Å². The van der Waals surface area contributed by atoms with Gasteiger partial charge < -0.3 is 29.9 Å². The minimum atomic E-state index is -1.29. The fraction of sp³-hybridized carbons (Fsp3) is 0.100. The van der Waals surface area contributed by atoms with Crippen molar-refractivity contribution in [3.8, 4) is 112 Å². The van der Waals surface area contributed by atoms with Crippen LogP contribution in [0.3, 0.4) is 0 Å². The van der Waals surface area contributed by atoms with Gasteiger partial charge in [-0.15, -0.1) is 214 Å². The zero-order valence-electron chi connectivity index (χ0n) is 65.2. The fourth-order valence-corrected chi connectivity index (χ4v) is 14.7. The van der Waals surface area contributed by atoms with Crippen molar-refractivity contribution in [2.75, 3.05) is 0 Å². The second-order valence-electron chi connectivity index (χ2n) is 29.1. The van der Waals surface area contributed by atoms with Crippen LogP contribution in [0, 0.1) is 43.3 Å². The first-order valence-electron chi connectivity index (χ1n) is 36.8. The van der Waals surface area contributed by atoms with E-state index in [-0.39, 0.29) is 80.4 Å². The molecule has 6 heterocycles. The van der Waals surface area contributed by atoms with Crippen molar-refractivity contribution in [2.24, 2.45) is 0 Å². The average Bonchev–Trinajstić information content (AvgIpc) is 0.837. The van der Waals surface area contributed by atoms with Gasteiger partial charge in [0.05, 0.1) is 24.2 Å². The van der Waals surface area contributed by atoms with Crippen LogP contribution in [-0.4, -0.2) is 54.1 Å². The maximum Gasteiger partial charge on any atom is 0.0795 e. The van der Waals surface area contributed by atoms with Gasteiger partial charge in [0.1, 0.15) is 0 Å². The van der Waals surface area contributed by atoms with E-state index in [1.54, 1.807) is 12.4 Å². The molecule has 0 saturated heterocycles. The van der Waals surface area contributed by atoms with Gasteiger partial charge in [-0.25, -0.2) is 0 Å². The summed E-state index contributed by atoms with van der Waals surface area (Å²) in [5.74, 6) is 0. The van der Waals surface area contributed by atoms with E-state index in [1.807, 2.05) is 177 Å². The van der Waals surface area contributed by atoms with Gasteiger partial charge in [-0.05, 0) is 103 Å². The Morgan fingerprint density at radius 2 is 0.487 bits per heavy atom. The van der Waals surface area contributed by atoms with E-state index in [0.29, 0.717) is 0 Å². The molecule has 0 amide bonds. The van der Waals surface area contributed by atoms with Gasteiger partial charge in [-0.2, -0.15) is 0 Å². The molecule has 6 nitrogen and oxygen atoms in total. The Morgan fingerprint density at radius 1 is 0.212 bits per heavy atom. The molecule has 16 rings (SSSR count).